The van der Waals surface area contributed by atoms with Crippen LogP contribution in [0.3, 0.4) is 0 Å². The van der Waals surface area contributed by atoms with Gasteiger partial charge in [-0.25, -0.2) is 4.79 Å². The van der Waals surface area contributed by atoms with Crippen molar-refractivity contribution in [3.8, 4) is 0 Å². The van der Waals surface area contributed by atoms with E-state index in [2.05, 4.69) is 4.98 Å². The fraction of sp³-hybridized carbons (Fsp3) is 0.190. The maximum absolute atomic E-state index is 12.9. The number of aryl methyl sites for hydroxylation is 1. The van der Waals surface area contributed by atoms with Crippen molar-refractivity contribution in [2.45, 2.75) is 13.0 Å². The molecule has 26 heavy (non-hydrogen) atoms. The fourth-order valence-corrected chi connectivity index (χ4v) is 2.77. The molecule has 1 atom stereocenters. The number of likely N-dealkylation sites (N-methyl/N-ethyl adjacent to an activating group) is 1. The number of carbonyl (C=O) groups excluding carboxylic acids is 2. The average molecular weight is 348 g/mol. The van der Waals surface area contributed by atoms with Crippen molar-refractivity contribution in [3.63, 3.8) is 0 Å². The third-order valence-corrected chi connectivity index (χ3v) is 4.06. The van der Waals surface area contributed by atoms with Gasteiger partial charge < -0.3 is 9.64 Å². The number of amides is 1. The van der Waals surface area contributed by atoms with Crippen LogP contribution in [0.4, 0.5) is 0 Å². The van der Waals surface area contributed by atoms with Crippen molar-refractivity contribution >= 4 is 22.8 Å². The maximum Gasteiger partial charge on any atom is 0.340 e. The quantitative estimate of drug-likeness (QED) is 0.677. The van der Waals surface area contributed by atoms with E-state index in [1.807, 2.05) is 49.4 Å². The van der Waals surface area contributed by atoms with Gasteiger partial charge in [0.15, 0.2) is 0 Å². The zero-order valence-corrected chi connectivity index (χ0v) is 15.0. The summed E-state index contributed by atoms with van der Waals surface area (Å²) in [5.41, 5.74) is 2.47. The summed E-state index contributed by atoms with van der Waals surface area (Å²) in [6.45, 7) is 1.82. The highest BCUT2D eigenvalue weighted by molar-refractivity contribution is 6.04. The number of pyridine rings is 1. The first-order valence-electron chi connectivity index (χ1n) is 8.31. The van der Waals surface area contributed by atoms with E-state index in [9.17, 15) is 9.59 Å². The molecule has 1 amide bonds. The Kier molecular flexibility index (Phi) is 4.98. The van der Waals surface area contributed by atoms with Crippen LogP contribution in [0.1, 0.15) is 27.7 Å². The minimum Gasteiger partial charge on any atom is -0.444 e. The topological polar surface area (TPSA) is 59.5 Å². The molecule has 0 spiro atoms. The van der Waals surface area contributed by atoms with Crippen LogP contribution in [0.15, 0.2) is 60.7 Å². The van der Waals surface area contributed by atoms with Crippen LogP contribution in [0.25, 0.3) is 10.9 Å². The number of hydrogen-bond donors (Lipinski definition) is 0. The highest BCUT2D eigenvalue weighted by Gasteiger charge is 2.27. The lowest BCUT2D eigenvalue weighted by atomic mass is 10.1. The number of hydrogen-bond acceptors (Lipinski definition) is 4. The second-order valence-corrected chi connectivity index (χ2v) is 6.26. The molecular weight excluding hydrogens is 328 g/mol. The van der Waals surface area contributed by atoms with E-state index in [-0.39, 0.29) is 5.91 Å². The van der Waals surface area contributed by atoms with Gasteiger partial charge in [0.05, 0.1) is 11.1 Å². The van der Waals surface area contributed by atoms with Gasteiger partial charge in [-0.05, 0) is 19.1 Å². The molecule has 0 aliphatic heterocycles. The Morgan fingerprint density at radius 1 is 1.00 bits per heavy atom. The molecule has 5 heteroatoms. The number of rotatable bonds is 4. The minimum atomic E-state index is -0.995. The smallest absolute Gasteiger partial charge is 0.340 e. The molecule has 0 N–H and O–H groups in total. The Labute approximate surface area is 152 Å². The van der Waals surface area contributed by atoms with Crippen LogP contribution in [-0.2, 0) is 9.53 Å². The summed E-state index contributed by atoms with van der Waals surface area (Å²) in [6.07, 6.45) is -0.995. The summed E-state index contributed by atoms with van der Waals surface area (Å²) in [6, 6.07) is 18.1. The lowest BCUT2D eigenvalue weighted by molar-refractivity contribution is -0.138. The van der Waals surface area contributed by atoms with Crippen molar-refractivity contribution in [1.82, 2.24) is 9.88 Å². The maximum atomic E-state index is 12.9. The number of ether oxygens (including phenoxy) is 1. The van der Waals surface area contributed by atoms with Gasteiger partial charge in [0, 0.05) is 30.7 Å². The molecule has 3 aromatic rings. The summed E-state index contributed by atoms with van der Waals surface area (Å²) in [7, 11) is 3.27. The van der Waals surface area contributed by atoms with Gasteiger partial charge in [-0.15, -0.1) is 0 Å². The third kappa shape index (κ3) is 3.57. The molecule has 3 rings (SSSR count). The summed E-state index contributed by atoms with van der Waals surface area (Å²) in [5, 5.41) is 0.701. The Morgan fingerprint density at radius 3 is 2.35 bits per heavy atom. The number of esters is 1. The van der Waals surface area contributed by atoms with Gasteiger partial charge in [-0.2, -0.15) is 0 Å². The lowest BCUT2D eigenvalue weighted by Gasteiger charge is -2.21. The Balaban J connectivity index is 2.00. The Hall–Kier alpha value is -3.21. The molecule has 1 heterocycles. The van der Waals surface area contributed by atoms with Gasteiger partial charge in [0.2, 0.25) is 6.10 Å². The zero-order chi connectivity index (χ0) is 18.7. The van der Waals surface area contributed by atoms with E-state index in [0.717, 1.165) is 5.52 Å². The monoisotopic (exact) mass is 348 g/mol. The number of fused-ring (bicyclic) bond motifs is 1. The molecule has 0 unspecified atom stereocenters. The summed E-state index contributed by atoms with van der Waals surface area (Å²) >= 11 is 0. The van der Waals surface area contributed by atoms with Gasteiger partial charge in [-0.1, -0.05) is 48.5 Å². The molecule has 2 aromatic carbocycles. The first-order valence-corrected chi connectivity index (χ1v) is 8.31. The van der Waals surface area contributed by atoms with E-state index >= 15 is 0 Å². The van der Waals surface area contributed by atoms with E-state index in [1.165, 1.54) is 4.90 Å². The number of carbonyl (C=O) groups is 2. The molecule has 0 aliphatic rings. The van der Waals surface area contributed by atoms with Crippen LogP contribution < -0.4 is 0 Å². The van der Waals surface area contributed by atoms with Crippen LogP contribution in [0.2, 0.25) is 0 Å². The SMILES string of the molecule is Cc1cc(C(=O)O[C@@H](C(=O)N(C)C)c2ccccc2)c2ccccc2n1. The molecular formula is C21H20N2O3. The van der Waals surface area contributed by atoms with Gasteiger partial charge in [0.25, 0.3) is 5.91 Å². The largest absolute Gasteiger partial charge is 0.444 e. The third-order valence-electron chi connectivity index (χ3n) is 4.06. The Morgan fingerprint density at radius 2 is 1.65 bits per heavy atom. The molecule has 5 nitrogen and oxygen atoms in total. The second kappa shape index (κ2) is 7.35. The molecule has 0 aliphatic carbocycles. The van der Waals surface area contributed by atoms with Crippen molar-refractivity contribution in [2.24, 2.45) is 0 Å². The van der Waals surface area contributed by atoms with E-state index in [1.54, 1.807) is 32.3 Å². The highest BCUT2D eigenvalue weighted by atomic mass is 16.5. The van der Waals surface area contributed by atoms with E-state index in [0.29, 0.717) is 22.2 Å². The summed E-state index contributed by atoms with van der Waals surface area (Å²) in [5.74, 6) is -0.838. The fourth-order valence-electron chi connectivity index (χ4n) is 2.77. The molecule has 0 radical (unpaired) electrons. The van der Waals surface area contributed by atoms with Crippen LogP contribution in [0, 0.1) is 6.92 Å². The molecule has 1 aromatic heterocycles. The van der Waals surface area contributed by atoms with E-state index in [4.69, 9.17) is 4.74 Å². The summed E-state index contributed by atoms with van der Waals surface area (Å²) in [4.78, 5) is 31.3. The second-order valence-electron chi connectivity index (χ2n) is 6.26. The van der Waals surface area contributed by atoms with Crippen molar-refractivity contribution in [1.29, 1.82) is 0 Å². The van der Waals surface area contributed by atoms with Gasteiger partial charge in [-0.3, -0.25) is 9.78 Å². The van der Waals surface area contributed by atoms with Crippen molar-refractivity contribution < 1.29 is 14.3 Å². The van der Waals surface area contributed by atoms with Crippen LogP contribution in [-0.4, -0.2) is 35.9 Å². The normalized spacial score (nSPS) is 11.8. The predicted molar refractivity (Wildman–Crippen MR) is 99.8 cm³/mol. The number of aromatic nitrogens is 1. The number of para-hydroxylation sites is 1. The van der Waals surface area contributed by atoms with E-state index < -0.39 is 12.1 Å². The first kappa shape index (κ1) is 17.6. The molecule has 0 bridgehead atoms. The average Bonchev–Trinajstić information content (AvgIpc) is 2.65. The Bertz CT molecular complexity index is 952. The minimum absolute atomic E-state index is 0.292. The standard InChI is InChI=1S/C21H20N2O3/c1-14-13-17(16-11-7-8-12-18(16)22-14)21(25)26-19(20(24)23(2)3)15-9-5-4-6-10-15/h4-13,19H,1-3H3/t19-/m1/s1. The predicted octanol–water partition coefficient (Wildman–Crippen LogP) is 3.53. The zero-order valence-electron chi connectivity index (χ0n) is 15.0. The van der Waals surface area contributed by atoms with Crippen LogP contribution >= 0.6 is 0 Å². The lowest BCUT2D eigenvalue weighted by Crippen LogP contribution is -2.31. The van der Waals surface area contributed by atoms with Crippen molar-refractivity contribution in [2.75, 3.05) is 14.1 Å². The number of nitrogens with zero attached hydrogens (tertiary/aromatic N) is 2. The number of benzene rings is 2. The molecule has 0 fully saturated rings. The first-order chi connectivity index (χ1) is 12.5. The molecule has 0 saturated heterocycles. The highest BCUT2D eigenvalue weighted by Crippen LogP contribution is 2.24. The van der Waals surface area contributed by atoms with Crippen molar-refractivity contribution in [3.05, 3.63) is 77.5 Å². The van der Waals surface area contributed by atoms with Gasteiger partial charge >= 0.3 is 5.97 Å². The van der Waals surface area contributed by atoms with Crippen LogP contribution in [0.5, 0.6) is 0 Å². The molecule has 132 valence electrons. The summed E-state index contributed by atoms with van der Waals surface area (Å²) < 4.78 is 5.65. The molecule has 0 saturated carbocycles. The van der Waals surface area contributed by atoms with Gasteiger partial charge in [0.1, 0.15) is 0 Å².